The Kier molecular flexibility index (Phi) is 6.03. The predicted molar refractivity (Wildman–Crippen MR) is 84.6 cm³/mol. The van der Waals surface area contributed by atoms with Crippen molar-refractivity contribution in [2.75, 3.05) is 39.8 Å². The van der Waals surface area contributed by atoms with Gasteiger partial charge in [-0.05, 0) is 31.7 Å². The van der Waals surface area contributed by atoms with Crippen LogP contribution in [0.3, 0.4) is 0 Å². The number of carbonyl (C=O) groups excluding carboxylic acids is 1. The van der Waals surface area contributed by atoms with E-state index >= 15 is 0 Å². The molecular formula is C16H23ClN2O2. The first kappa shape index (κ1) is 16.3. The number of piperazine rings is 1. The Morgan fingerprint density at radius 1 is 1.24 bits per heavy atom. The number of rotatable bonds is 5. The number of hydrogen-bond donors (Lipinski definition) is 0. The highest BCUT2D eigenvalue weighted by molar-refractivity contribution is 6.30. The SMILES string of the molecule is C[C@H](CN1CCN(C)CC1)OC(=O)Cc1ccc(Cl)cc1. The second-order valence-electron chi connectivity index (χ2n) is 5.71. The van der Waals surface area contributed by atoms with E-state index in [1.54, 1.807) is 12.1 Å². The Morgan fingerprint density at radius 3 is 2.48 bits per heavy atom. The fraction of sp³-hybridized carbons (Fsp3) is 0.562. The summed E-state index contributed by atoms with van der Waals surface area (Å²) >= 11 is 5.83. The highest BCUT2D eigenvalue weighted by Gasteiger charge is 2.18. The zero-order valence-corrected chi connectivity index (χ0v) is 13.5. The summed E-state index contributed by atoms with van der Waals surface area (Å²) in [6.45, 7) is 6.99. The van der Waals surface area contributed by atoms with Crippen molar-refractivity contribution >= 4 is 17.6 Å². The molecule has 0 aromatic heterocycles. The van der Waals surface area contributed by atoms with E-state index in [2.05, 4.69) is 16.8 Å². The van der Waals surface area contributed by atoms with Crippen LogP contribution in [0.1, 0.15) is 12.5 Å². The maximum Gasteiger partial charge on any atom is 0.310 e. The maximum absolute atomic E-state index is 11.9. The second-order valence-corrected chi connectivity index (χ2v) is 6.14. The molecule has 116 valence electrons. The molecule has 0 saturated carbocycles. The normalized spacial score (nSPS) is 18.4. The standard InChI is InChI=1S/C16H23ClN2O2/c1-13(12-19-9-7-18(2)8-10-19)21-16(20)11-14-3-5-15(17)6-4-14/h3-6,13H,7-12H2,1-2H3/t13-/m1/s1. The number of carbonyl (C=O) groups is 1. The number of esters is 1. The summed E-state index contributed by atoms with van der Waals surface area (Å²) in [6, 6.07) is 7.29. The number of likely N-dealkylation sites (N-methyl/N-ethyl adjacent to an activating group) is 1. The van der Waals surface area contributed by atoms with Crippen LogP contribution in [0.4, 0.5) is 0 Å². The Labute approximate surface area is 131 Å². The van der Waals surface area contributed by atoms with Gasteiger partial charge in [-0.15, -0.1) is 0 Å². The van der Waals surface area contributed by atoms with Gasteiger partial charge in [0.2, 0.25) is 0 Å². The van der Waals surface area contributed by atoms with E-state index in [-0.39, 0.29) is 12.1 Å². The van der Waals surface area contributed by atoms with Gasteiger partial charge in [0, 0.05) is 37.7 Å². The molecule has 0 bridgehead atoms. The number of hydrogen-bond acceptors (Lipinski definition) is 4. The topological polar surface area (TPSA) is 32.8 Å². The minimum atomic E-state index is -0.182. The highest BCUT2D eigenvalue weighted by Crippen LogP contribution is 2.11. The summed E-state index contributed by atoms with van der Waals surface area (Å²) < 4.78 is 5.49. The Morgan fingerprint density at radius 2 is 1.86 bits per heavy atom. The smallest absolute Gasteiger partial charge is 0.310 e. The molecule has 2 rings (SSSR count). The van der Waals surface area contributed by atoms with Crippen LogP contribution in [-0.4, -0.2) is 61.6 Å². The summed E-state index contributed by atoms with van der Waals surface area (Å²) in [5, 5.41) is 0.676. The van der Waals surface area contributed by atoms with Crippen molar-refractivity contribution in [2.45, 2.75) is 19.4 Å². The van der Waals surface area contributed by atoms with E-state index in [4.69, 9.17) is 16.3 Å². The monoisotopic (exact) mass is 310 g/mol. The number of benzene rings is 1. The van der Waals surface area contributed by atoms with Crippen LogP contribution in [0.25, 0.3) is 0 Å². The molecule has 1 aromatic rings. The van der Waals surface area contributed by atoms with Crippen molar-refractivity contribution in [3.8, 4) is 0 Å². The van der Waals surface area contributed by atoms with E-state index in [1.165, 1.54) is 0 Å². The first-order chi connectivity index (χ1) is 10.0. The third-order valence-corrected chi connectivity index (χ3v) is 3.96. The molecule has 4 nitrogen and oxygen atoms in total. The molecule has 5 heteroatoms. The summed E-state index contributed by atoms with van der Waals surface area (Å²) in [4.78, 5) is 16.6. The average molecular weight is 311 g/mol. The van der Waals surface area contributed by atoms with Gasteiger partial charge in [0.25, 0.3) is 0 Å². The molecule has 1 atom stereocenters. The fourth-order valence-corrected chi connectivity index (χ4v) is 2.59. The largest absolute Gasteiger partial charge is 0.461 e. The van der Waals surface area contributed by atoms with E-state index in [9.17, 15) is 4.79 Å². The van der Waals surface area contributed by atoms with Gasteiger partial charge in [0.05, 0.1) is 6.42 Å². The Balaban J connectivity index is 1.73. The molecule has 0 radical (unpaired) electrons. The van der Waals surface area contributed by atoms with Crippen molar-refractivity contribution in [2.24, 2.45) is 0 Å². The number of ether oxygens (including phenoxy) is 1. The van der Waals surface area contributed by atoms with Gasteiger partial charge >= 0.3 is 5.97 Å². The van der Waals surface area contributed by atoms with Crippen LogP contribution in [0, 0.1) is 0 Å². The average Bonchev–Trinajstić information content (AvgIpc) is 2.44. The lowest BCUT2D eigenvalue weighted by molar-refractivity contribution is -0.148. The first-order valence-electron chi connectivity index (χ1n) is 7.38. The lowest BCUT2D eigenvalue weighted by Crippen LogP contribution is -2.47. The molecule has 0 N–H and O–H groups in total. The Bertz CT molecular complexity index is 456. The summed E-state index contributed by atoms with van der Waals surface area (Å²) in [7, 11) is 2.13. The van der Waals surface area contributed by atoms with Gasteiger partial charge in [-0.1, -0.05) is 23.7 Å². The number of nitrogens with zero attached hydrogens (tertiary/aromatic N) is 2. The third kappa shape index (κ3) is 5.65. The molecule has 1 aliphatic heterocycles. The summed E-state index contributed by atoms with van der Waals surface area (Å²) in [5.74, 6) is -0.182. The lowest BCUT2D eigenvalue weighted by Gasteiger charge is -2.33. The lowest BCUT2D eigenvalue weighted by atomic mass is 10.1. The fourth-order valence-electron chi connectivity index (χ4n) is 2.47. The predicted octanol–water partition coefficient (Wildman–Crippen LogP) is 2.06. The van der Waals surface area contributed by atoms with Gasteiger partial charge in [0.1, 0.15) is 6.10 Å². The minimum Gasteiger partial charge on any atom is -0.461 e. The van der Waals surface area contributed by atoms with Crippen LogP contribution < -0.4 is 0 Å². The quantitative estimate of drug-likeness (QED) is 0.780. The molecule has 0 unspecified atom stereocenters. The molecule has 0 amide bonds. The van der Waals surface area contributed by atoms with Gasteiger partial charge in [0.15, 0.2) is 0 Å². The number of halogens is 1. The molecule has 1 aromatic carbocycles. The molecule has 1 fully saturated rings. The van der Waals surface area contributed by atoms with Crippen molar-refractivity contribution in [1.29, 1.82) is 0 Å². The molecule has 0 aliphatic carbocycles. The first-order valence-corrected chi connectivity index (χ1v) is 7.75. The van der Waals surface area contributed by atoms with Crippen molar-refractivity contribution in [3.63, 3.8) is 0 Å². The van der Waals surface area contributed by atoms with E-state index < -0.39 is 0 Å². The van der Waals surface area contributed by atoms with Crippen LogP contribution in [-0.2, 0) is 16.0 Å². The van der Waals surface area contributed by atoms with Gasteiger partial charge in [-0.2, -0.15) is 0 Å². The van der Waals surface area contributed by atoms with Gasteiger partial charge in [-0.25, -0.2) is 0 Å². The van der Waals surface area contributed by atoms with Crippen molar-refractivity contribution < 1.29 is 9.53 Å². The molecule has 1 heterocycles. The molecule has 1 saturated heterocycles. The molecule has 1 aliphatic rings. The molecular weight excluding hydrogens is 288 g/mol. The van der Waals surface area contributed by atoms with E-state index in [0.717, 1.165) is 38.3 Å². The van der Waals surface area contributed by atoms with Crippen LogP contribution in [0.5, 0.6) is 0 Å². The maximum atomic E-state index is 11.9. The second kappa shape index (κ2) is 7.78. The summed E-state index contributed by atoms with van der Waals surface area (Å²) in [5.41, 5.74) is 0.927. The minimum absolute atomic E-state index is 0.0757. The molecule has 21 heavy (non-hydrogen) atoms. The van der Waals surface area contributed by atoms with Gasteiger partial charge < -0.3 is 9.64 Å². The van der Waals surface area contributed by atoms with E-state index in [1.807, 2.05) is 19.1 Å². The van der Waals surface area contributed by atoms with Gasteiger partial charge in [-0.3, -0.25) is 9.69 Å². The van der Waals surface area contributed by atoms with Crippen LogP contribution in [0.15, 0.2) is 24.3 Å². The van der Waals surface area contributed by atoms with Crippen molar-refractivity contribution in [1.82, 2.24) is 9.80 Å². The zero-order valence-electron chi connectivity index (χ0n) is 12.7. The van der Waals surface area contributed by atoms with Crippen LogP contribution >= 0.6 is 11.6 Å². The van der Waals surface area contributed by atoms with Crippen LogP contribution in [0.2, 0.25) is 5.02 Å². The zero-order chi connectivity index (χ0) is 15.2. The molecule has 0 spiro atoms. The Hall–Kier alpha value is -1.10. The summed E-state index contributed by atoms with van der Waals surface area (Å²) in [6.07, 6.45) is 0.220. The van der Waals surface area contributed by atoms with E-state index in [0.29, 0.717) is 11.4 Å². The highest BCUT2D eigenvalue weighted by atomic mass is 35.5. The van der Waals surface area contributed by atoms with Crippen molar-refractivity contribution in [3.05, 3.63) is 34.9 Å². The third-order valence-electron chi connectivity index (χ3n) is 3.71.